The molecular weight excluding hydrogens is 281 g/mol. The summed E-state index contributed by atoms with van der Waals surface area (Å²) in [6.07, 6.45) is 0. The summed E-state index contributed by atoms with van der Waals surface area (Å²) in [5, 5.41) is 10.6. The fourth-order valence-corrected chi connectivity index (χ4v) is 1.55. The minimum absolute atomic E-state index is 0.0453. The van der Waals surface area contributed by atoms with Crippen molar-refractivity contribution in [2.45, 2.75) is 13.8 Å². The Kier molecular flexibility index (Phi) is 4.93. The fraction of sp³-hybridized carbons (Fsp3) is 0.364. The van der Waals surface area contributed by atoms with Gasteiger partial charge in [-0.05, 0) is 5.92 Å². The van der Waals surface area contributed by atoms with Crippen molar-refractivity contribution in [1.29, 1.82) is 0 Å². The van der Waals surface area contributed by atoms with E-state index in [9.17, 15) is 14.9 Å². The monoisotopic (exact) mass is 291 g/mol. The maximum absolute atomic E-state index is 11.7. The van der Waals surface area contributed by atoms with Crippen LogP contribution in [0.25, 0.3) is 0 Å². The maximum Gasteiger partial charge on any atom is 0.339 e. The van der Waals surface area contributed by atoms with Crippen LogP contribution >= 0.6 is 23.2 Å². The zero-order valence-electron chi connectivity index (χ0n) is 9.78. The number of esters is 1. The Bertz CT molecular complexity index is 488. The molecule has 0 atom stereocenters. The van der Waals surface area contributed by atoms with Crippen molar-refractivity contribution >= 4 is 34.9 Å². The van der Waals surface area contributed by atoms with E-state index >= 15 is 0 Å². The van der Waals surface area contributed by atoms with Crippen LogP contribution in [0.2, 0.25) is 10.0 Å². The molecule has 0 bridgehead atoms. The van der Waals surface area contributed by atoms with E-state index in [1.807, 2.05) is 13.8 Å². The highest BCUT2D eigenvalue weighted by Gasteiger charge is 2.20. The van der Waals surface area contributed by atoms with Crippen molar-refractivity contribution in [1.82, 2.24) is 0 Å². The zero-order chi connectivity index (χ0) is 13.9. The second-order valence-electron chi connectivity index (χ2n) is 4.04. The number of hydrogen-bond acceptors (Lipinski definition) is 4. The molecule has 0 aliphatic carbocycles. The van der Waals surface area contributed by atoms with Crippen molar-refractivity contribution in [3.63, 3.8) is 0 Å². The van der Waals surface area contributed by atoms with Gasteiger partial charge in [-0.3, -0.25) is 10.1 Å². The van der Waals surface area contributed by atoms with E-state index in [4.69, 9.17) is 27.9 Å². The number of carbonyl (C=O) groups excluding carboxylic acids is 1. The Morgan fingerprint density at radius 3 is 2.56 bits per heavy atom. The molecule has 0 radical (unpaired) electrons. The van der Waals surface area contributed by atoms with Gasteiger partial charge >= 0.3 is 5.97 Å². The lowest BCUT2D eigenvalue weighted by Crippen LogP contribution is -2.11. The number of carbonyl (C=O) groups is 1. The second kappa shape index (κ2) is 6.02. The molecule has 0 amide bonds. The SMILES string of the molecule is CC(C)COC(=O)c1cc([N+](=O)[O-])cc(Cl)c1Cl. The molecule has 0 saturated heterocycles. The average molecular weight is 292 g/mol. The van der Waals surface area contributed by atoms with Crippen LogP contribution in [0.5, 0.6) is 0 Å². The summed E-state index contributed by atoms with van der Waals surface area (Å²) in [5.41, 5.74) is -0.405. The molecule has 98 valence electrons. The Hall–Kier alpha value is -1.33. The third-order valence-corrected chi connectivity index (χ3v) is 2.79. The van der Waals surface area contributed by atoms with Gasteiger partial charge in [-0.2, -0.15) is 0 Å². The molecule has 0 unspecified atom stereocenters. The van der Waals surface area contributed by atoms with Crippen LogP contribution in [-0.4, -0.2) is 17.5 Å². The zero-order valence-corrected chi connectivity index (χ0v) is 11.3. The summed E-state index contributed by atoms with van der Waals surface area (Å²) in [7, 11) is 0. The van der Waals surface area contributed by atoms with Crippen LogP contribution in [0.3, 0.4) is 0 Å². The number of nitro groups is 1. The lowest BCUT2D eigenvalue weighted by molar-refractivity contribution is -0.384. The molecule has 0 aromatic heterocycles. The van der Waals surface area contributed by atoms with E-state index in [0.29, 0.717) is 0 Å². The average Bonchev–Trinajstić information content (AvgIpc) is 2.29. The van der Waals surface area contributed by atoms with Crippen molar-refractivity contribution in [2.75, 3.05) is 6.61 Å². The van der Waals surface area contributed by atoms with Gasteiger partial charge in [0.25, 0.3) is 5.69 Å². The van der Waals surface area contributed by atoms with Crippen LogP contribution < -0.4 is 0 Å². The van der Waals surface area contributed by atoms with Gasteiger partial charge in [0.2, 0.25) is 0 Å². The van der Waals surface area contributed by atoms with Crippen molar-refractivity contribution in [2.24, 2.45) is 5.92 Å². The number of halogens is 2. The lowest BCUT2D eigenvalue weighted by Gasteiger charge is -2.08. The van der Waals surface area contributed by atoms with Gasteiger partial charge in [-0.15, -0.1) is 0 Å². The van der Waals surface area contributed by atoms with Crippen molar-refractivity contribution < 1.29 is 14.5 Å². The third kappa shape index (κ3) is 3.58. The molecule has 0 heterocycles. The second-order valence-corrected chi connectivity index (χ2v) is 4.82. The molecule has 0 N–H and O–H groups in total. The summed E-state index contributed by atoms with van der Waals surface area (Å²) in [6, 6.07) is 2.14. The normalized spacial score (nSPS) is 10.5. The molecule has 0 aliphatic rings. The molecule has 1 aromatic carbocycles. The highest BCUT2D eigenvalue weighted by Crippen LogP contribution is 2.31. The Labute approximate surface area is 114 Å². The Balaban J connectivity index is 3.07. The smallest absolute Gasteiger partial charge is 0.339 e. The Morgan fingerprint density at radius 1 is 1.44 bits per heavy atom. The minimum Gasteiger partial charge on any atom is -0.462 e. The van der Waals surface area contributed by atoms with E-state index in [-0.39, 0.29) is 33.8 Å². The van der Waals surface area contributed by atoms with Gasteiger partial charge in [0, 0.05) is 12.1 Å². The van der Waals surface area contributed by atoms with E-state index in [2.05, 4.69) is 0 Å². The largest absolute Gasteiger partial charge is 0.462 e. The van der Waals surface area contributed by atoms with Crippen LogP contribution in [-0.2, 0) is 4.74 Å². The van der Waals surface area contributed by atoms with E-state index < -0.39 is 10.9 Å². The van der Waals surface area contributed by atoms with Crippen LogP contribution in [0.1, 0.15) is 24.2 Å². The van der Waals surface area contributed by atoms with Gasteiger partial charge in [-0.1, -0.05) is 37.0 Å². The Morgan fingerprint density at radius 2 is 2.06 bits per heavy atom. The van der Waals surface area contributed by atoms with Crippen molar-refractivity contribution in [3.05, 3.63) is 37.9 Å². The minimum atomic E-state index is -0.723. The van der Waals surface area contributed by atoms with Gasteiger partial charge in [-0.25, -0.2) is 4.79 Å². The summed E-state index contributed by atoms with van der Waals surface area (Å²) < 4.78 is 4.96. The van der Waals surface area contributed by atoms with Crippen LogP contribution in [0, 0.1) is 16.0 Å². The van der Waals surface area contributed by atoms with Gasteiger partial charge in [0.15, 0.2) is 0 Å². The lowest BCUT2D eigenvalue weighted by atomic mass is 10.2. The van der Waals surface area contributed by atoms with E-state index in [1.54, 1.807) is 0 Å². The van der Waals surface area contributed by atoms with Gasteiger partial charge in [0.05, 0.1) is 27.1 Å². The first-order valence-corrected chi connectivity index (χ1v) is 5.89. The van der Waals surface area contributed by atoms with E-state index in [0.717, 1.165) is 12.1 Å². The number of nitro benzene ring substituents is 1. The molecule has 0 spiro atoms. The highest BCUT2D eigenvalue weighted by molar-refractivity contribution is 6.43. The molecule has 0 saturated carbocycles. The molecule has 1 rings (SSSR count). The summed E-state index contributed by atoms with van der Waals surface area (Å²) in [4.78, 5) is 21.7. The number of rotatable bonds is 4. The van der Waals surface area contributed by atoms with Crippen LogP contribution in [0.15, 0.2) is 12.1 Å². The number of ether oxygens (including phenoxy) is 1. The third-order valence-electron chi connectivity index (χ3n) is 1.99. The number of non-ortho nitro benzene ring substituents is 1. The molecular formula is C11H11Cl2NO4. The predicted octanol–water partition coefficient (Wildman–Crippen LogP) is 3.71. The van der Waals surface area contributed by atoms with E-state index in [1.165, 1.54) is 0 Å². The van der Waals surface area contributed by atoms with Gasteiger partial charge < -0.3 is 4.74 Å². The molecule has 1 aromatic rings. The highest BCUT2D eigenvalue weighted by atomic mass is 35.5. The first kappa shape index (κ1) is 14.7. The maximum atomic E-state index is 11.7. The number of hydrogen-bond donors (Lipinski definition) is 0. The molecule has 0 fully saturated rings. The first-order chi connectivity index (χ1) is 8.32. The quantitative estimate of drug-likeness (QED) is 0.482. The van der Waals surface area contributed by atoms with Crippen LogP contribution in [0.4, 0.5) is 5.69 Å². The van der Waals surface area contributed by atoms with Crippen molar-refractivity contribution in [3.8, 4) is 0 Å². The fourth-order valence-electron chi connectivity index (χ4n) is 1.15. The van der Waals surface area contributed by atoms with Gasteiger partial charge in [0.1, 0.15) is 0 Å². The summed E-state index contributed by atoms with van der Waals surface area (Å²) >= 11 is 11.6. The molecule has 7 heteroatoms. The topological polar surface area (TPSA) is 69.4 Å². The predicted molar refractivity (Wildman–Crippen MR) is 68.2 cm³/mol. The molecule has 18 heavy (non-hydrogen) atoms. The first-order valence-electron chi connectivity index (χ1n) is 5.13. The summed E-state index contributed by atoms with van der Waals surface area (Å²) in [5.74, 6) is -0.568. The number of nitrogens with zero attached hydrogens (tertiary/aromatic N) is 1. The number of benzene rings is 1. The summed E-state index contributed by atoms with van der Waals surface area (Å²) in [6.45, 7) is 3.94. The molecule has 0 aliphatic heterocycles. The molecule has 5 nitrogen and oxygen atoms in total. The standard InChI is InChI=1S/C11H11Cl2NO4/c1-6(2)5-18-11(15)8-3-7(14(16)17)4-9(12)10(8)13/h3-4,6H,5H2,1-2H3.